The summed E-state index contributed by atoms with van der Waals surface area (Å²) < 4.78 is 1.77. The molecular formula is C17H16N2O. The maximum absolute atomic E-state index is 12.1. The summed E-state index contributed by atoms with van der Waals surface area (Å²) in [7, 11) is 0. The van der Waals surface area contributed by atoms with E-state index in [4.69, 9.17) is 0 Å². The number of nitrogens with zero attached hydrogens (tertiary/aromatic N) is 1. The molecule has 0 bridgehead atoms. The highest BCUT2D eigenvalue weighted by Crippen LogP contribution is 2.17. The first-order chi connectivity index (χ1) is 9.63. The van der Waals surface area contributed by atoms with Crippen molar-refractivity contribution in [2.24, 2.45) is 0 Å². The molecule has 0 saturated heterocycles. The van der Waals surface area contributed by atoms with Gasteiger partial charge in [-0.05, 0) is 37.1 Å². The lowest BCUT2D eigenvalue weighted by Crippen LogP contribution is -2.05. The molecule has 0 aliphatic rings. The molecule has 1 N–H and O–H groups in total. The van der Waals surface area contributed by atoms with Crippen molar-refractivity contribution in [2.45, 2.75) is 13.8 Å². The maximum Gasteiger partial charge on any atom is 0.272 e. The monoisotopic (exact) mass is 264 g/mol. The van der Waals surface area contributed by atoms with Crippen LogP contribution in [0.5, 0.6) is 0 Å². The van der Waals surface area contributed by atoms with E-state index < -0.39 is 0 Å². The van der Waals surface area contributed by atoms with E-state index in [1.165, 1.54) is 5.56 Å². The Balaban J connectivity index is 2.07. The van der Waals surface area contributed by atoms with Gasteiger partial charge in [-0.3, -0.25) is 14.6 Å². The van der Waals surface area contributed by atoms with Crippen molar-refractivity contribution < 1.29 is 0 Å². The molecule has 0 aliphatic carbocycles. The molecule has 100 valence electrons. The van der Waals surface area contributed by atoms with Crippen molar-refractivity contribution in [3.8, 4) is 16.8 Å². The van der Waals surface area contributed by atoms with Crippen molar-refractivity contribution in [2.75, 3.05) is 0 Å². The van der Waals surface area contributed by atoms with Crippen LogP contribution in [0, 0.1) is 13.8 Å². The van der Waals surface area contributed by atoms with Crippen LogP contribution in [0.3, 0.4) is 0 Å². The first-order valence-electron chi connectivity index (χ1n) is 6.59. The largest absolute Gasteiger partial charge is 0.272 e. The van der Waals surface area contributed by atoms with Gasteiger partial charge in [0.05, 0.1) is 11.3 Å². The maximum atomic E-state index is 12.1. The number of hydrogen-bond acceptors (Lipinski definition) is 1. The van der Waals surface area contributed by atoms with Crippen molar-refractivity contribution in [1.29, 1.82) is 0 Å². The zero-order chi connectivity index (χ0) is 14.1. The van der Waals surface area contributed by atoms with Gasteiger partial charge in [0.25, 0.3) is 5.56 Å². The Labute approximate surface area is 117 Å². The van der Waals surface area contributed by atoms with Gasteiger partial charge in [-0.1, -0.05) is 42.0 Å². The number of H-pyrrole nitrogens is 1. The molecule has 0 amide bonds. The lowest BCUT2D eigenvalue weighted by atomic mass is 10.1. The molecule has 0 saturated carbocycles. The molecule has 0 aliphatic heterocycles. The van der Waals surface area contributed by atoms with E-state index in [2.05, 4.69) is 5.10 Å². The van der Waals surface area contributed by atoms with Crippen LogP contribution in [0.15, 0.2) is 59.5 Å². The van der Waals surface area contributed by atoms with Crippen LogP contribution >= 0.6 is 0 Å². The topological polar surface area (TPSA) is 37.8 Å². The lowest BCUT2D eigenvalue weighted by molar-refractivity contribution is 0.863. The molecule has 2 aromatic carbocycles. The van der Waals surface area contributed by atoms with Gasteiger partial charge in [0.1, 0.15) is 0 Å². The zero-order valence-corrected chi connectivity index (χ0v) is 11.6. The number of rotatable bonds is 2. The molecule has 3 aromatic rings. The summed E-state index contributed by atoms with van der Waals surface area (Å²) in [6.07, 6.45) is 1.85. The molecule has 3 heteroatoms. The molecule has 3 nitrogen and oxygen atoms in total. The van der Waals surface area contributed by atoms with Gasteiger partial charge in [0.15, 0.2) is 0 Å². The van der Waals surface area contributed by atoms with Crippen molar-refractivity contribution in [3.63, 3.8) is 0 Å². The number of benzene rings is 2. The quantitative estimate of drug-likeness (QED) is 0.756. The Hall–Kier alpha value is -2.55. The van der Waals surface area contributed by atoms with E-state index in [1.807, 2.05) is 68.6 Å². The second-order valence-corrected chi connectivity index (χ2v) is 5.06. The van der Waals surface area contributed by atoms with E-state index in [1.54, 1.807) is 4.68 Å². The molecule has 0 spiro atoms. The highest BCUT2D eigenvalue weighted by molar-refractivity contribution is 5.62. The number of aromatic nitrogens is 2. The van der Waals surface area contributed by atoms with Gasteiger partial charge in [0.2, 0.25) is 0 Å². The standard InChI is InChI=1S/C17H16N2O/c1-12-6-8-14(9-7-12)16-11-19(18-17(16)20)15-5-3-4-13(2)10-15/h3-11H,1-2H3,(H,18,20). The number of nitrogens with one attached hydrogen (secondary N) is 1. The number of aryl methyl sites for hydroxylation is 2. The first-order valence-corrected chi connectivity index (χ1v) is 6.59. The van der Waals surface area contributed by atoms with E-state index in [0.29, 0.717) is 5.56 Å². The summed E-state index contributed by atoms with van der Waals surface area (Å²) in [6, 6.07) is 16.0. The second-order valence-electron chi connectivity index (χ2n) is 5.06. The third kappa shape index (κ3) is 2.30. The van der Waals surface area contributed by atoms with Gasteiger partial charge in [-0.25, -0.2) is 0 Å². The summed E-state index contributed by atoms with van der Waals surface area (Å²) in [5.41, 5.74) is 4.85. The third-order valence-electron chi connectivity index (χ3n) is 3.37. The van der Waals surface area contributed by atoms with Crippen LogP contribution in [-0.4, -0.2) is 9.78 Å². The fourth-order valence-electron chi connectivity index (χ4n) is 2.25. The average Bonchev–Trinajstić information content (AvgIpc) is 2.82. The smallest absolute Gasteiger partial charge is 0.267 e. The molecule has 1 heterocycles. The minimum atomic E-state index is -0.0737. The van der Waals surface area contributed by atoms with Crippen LogP contribution in [0.1, 0.15) is 11.1 Å². The Kier molecular flexibility index (Phi) is 3.03. The fourth-order valence-corrected chi connectivity index (χ4v) is 2.25. The minimum Gasteiger partial charge on any atom is -0.267 e. The highest BCUT2D eigenvalue weighted by atomic mass is 16.1. The molecule has 0 unspecified atom stereocenters. The van der Waals surface area contributed by atoms with Crippen molar-refractivity contribution in [3.05, 3.63) is 76.2 Å². The SMILES string of the molecule is Cc1ccc(-c2cn(-c3cccc(C)c3)[nH]c2=O)cc1. The van der Waals surface area contributed by atoms with Crippen LogP contribution in [-0.2, 0) is 0 Å². The molecule has 3 rings (SSSR count). The zero-order valence-electron chi connectivity index (χ0n) is 11.6. The molecule has 20 heavy (non-hydrogen) atoms. The van der Waals surface area contributed by atoms with Gasteiger partial charge in [0, 0.05) is 6.20 Å². The predicted molar refractivity (Wildman–Crippen MR) is 81.3 cm³/mol. The lowest BCUT2D eigenvalue weighted by Gasteiger charge is -2.02. The van der Waals surface area contributed by atoms with Crippen molar-refractivity contribution >= 4 is 0 Å². The average molecular weight is 264 g/mol. The normalized spacial score (nSPS) is 10.7. The molecule has 0 atom stereocenters. The highest BCUT2D eigenvalue weighted by Gasteiger charge is 2.07. The molecule has 0 radical (unpaired) electrons. The Morgan fingerprint density at radius 1 is 0.950 bits per heavy atom. The van der Waals surface area contributed by atoms with Crippen LogP contribution in [0.25, 0.3) is 16.8 Å². The summed E-state index contributed by atoms with van der Waals surface area (Å²) >= 11 is 0. The molecular weight excluding hydrogens is 248 g/mol. The fraction of sp³-hybridized carbons (Fsp3) is 0.118. The summed E-state index contributed by atoms with van der Waals surface area (Å²) in [5.74, 6) is 0. The predicted octanol–water partition coefficient (Wildman–Crippen LogP) is 3.45. The van der Waals surface area contributed by atoms with Gasteiger partial charge in [-0.15, -0.1) is 0 Å². The Morgan fingerprint density at radius 3 is 2.40 bits per heavy atom. The number of hydrogen-bond donors (Lipinski definition) is 1. The van der Waals surface area contributed by atoms with E-state index in [0.717, 1.165) is 16.8 Å². The van der Waals surface area contributed by atoms with Gasteiger partial charge in [-0.2, -0.15) is 0 Å². The Bertz CT molecular complexity index is 794. The summed E-state index contributed by atoms with van der Waals surface area (Å²) in [4.78, 5) is 12.1. The third-order valence-corrected chi connectivity index (χ3v) is 3.37. The van der Waals surface area contributed by atoms with E-state index >= 15 is 0 Å². The summed E-state index contributed by atoms with van der Waals surface area (Å²) in [6.45, 7) is 4.07. The van der Waals surface area contributed by atoms with Gasteiger partial charge < -0.3 is 0 Å². The van der Waals surface area contributed by atoms with E-state index in [9.17, 15) is 4.79 Å². The second kappa shape index (κ2) is 4.85. The molecule has 1 aromatic heterocycles. The van der Waals surface area contributed by atoms with Gasteiger partial charge >= 0.3 is 0 Å². The Morgan fingerprint density at radius 2 is 1.70 bits per heavy atom. The van der Waals surface area contributed by atoms with Crippen molar-refractivity contribution in [1.82, 2.24) is 9.78 Å². The van der Waals surface area contributed by atoms with Crippen LogP contribution < -0.4 is 5.56 Å². The first kappa shape index (κ1) is 12.5. The van der Waals surface area contributed by atoms with Crippen LogP contribution in [0.2, 0.25) is 0 Å². The summed E-state index contributed by atoms with van der Waals surface area (Å²) in [5, 5.41) is 2.86. The minimum absolute atomic E-state index is 0.0737. The van der Waals surface area contributed by atoms with Crippen LogP contribution in [0.4, 0.5) is 0 Å². The molecule has 0 fully saturated rings. The van der Waals surface area contributed by atoms with E-state index in [-0.39, 0.29) is 5.56 Å². The number of aromatic amines is 1.